The standard InChI is InChI=1S/C12H12BrF3N2O2S/c13-7-1-2-9(14)8(5-7)12(11(15)16)3-4-21(19,20)6-10(17)18-12/h1-2,5,11H,3-4,6H2,(H2,17,18). The molecule has 0 aliphatic carbocycles. The highest BCUT2D eigenvalue weighted by Crippen LogP contribution is 2.40. The molecule has 0 fully saturated rings. The van der Waals surface area contributed by atoms with Crippen LogP contribution < -0.4 is 5.73 Å². The zero-order valence-electron chi connectivity index (χ0n) is 10.7. The molecule has 21 heavy (non-hydrogen) atoms. The summed E-state index contributed by atoms with van der Waals surface area (Å²) in [6.45, 7) is 0. The summed E-state index contributed by atoms with van der Waals surface area (Å²) in [5.74, 6) is -2.45. The van der Waals surface area contributed by atoms with Gasteiger partial charge in [-0.05, 0) is 24.6 Å². The molecule has 1 unspecified atom stereocenters. The molecule has 2 rings (SSSR count). The van der Waals surface area contributed by atoms with Gasteiger partial charge in [-0.15, -0.1) is 0 Å². The van der Waals surface area contributed by atoms with Gasteiger partial charge in [0.2, 0.25) is 0 Å². The van der Waals surface area contributed by atoms with Crippen molar-refractivity contribution < 1.29 is 21.6 Å². The number of nitrogens with zero attached hydrogens (tertiary/aromatic N) is 1. The zero-order chi connectivity index (χ0) is 15.8. The second-order valence-electron chi connectivity index (χ2n) is 4.79. The Morgan fingerprint density at radius 2 is 2.05 bits per heavy atom. The van der Waals surface area contributed by atoms with E-state index < -0.39 is 51.4 Å². The van der Waals surface area contributed by atoms with E-state index in [0.29, 0.717) is 4.47 Å². The van der Waals surface area contributed by atoms with Crippen molar-refractivity contribution >= 4 is 31.6 Å². The Balaban J connectivity index is 2.67. The predicted octanol–water partition coefficient (Wildman–Crippen LogP) is 2.22. The first-order chi connectivity index (χ1) is 9.66. The number of hydrogen-bond donors (Lipinski definition) is 1. The van der Waals surface area contributed by atoms with Gasteiger partial charge in [-0.2, -0.15) is 0 Å². The molecular formula is C12H12BrF3N2O2S. The molecule has 1 aliphatic rings. The number of halogens is 4. The van der Waals surface area contributed by atoms with Gasteiger partial charge in [-0.3, -0.25) is 4.99 Å². The van der Waals surface area contributed by atoms with Crippen molar-refractivity contribution in [2.45, 2.75) is 18.4 Å². The number of amidine groups is 1. The Labute approximate surface area is 128 Å². The maximum atomic E-state index is 14.0. The van der Waals surface area contributed by atoms with Gasteiger partial charge in [0.1, 0.15) is 17.4 Å². The van der Waals surface area contributed by atoms with E-state index in [1.807, 2.05) is 0 Å². The summed E-state index contributed by atoms with van der Waals surface area (Å²) in [6, 6.07) is 3.56. The molecule has 2 N–H and O–H groups in total. The SMILES string of the molecule is NC1=NC(c2cc(Br)ccc2F)(C(F)F)CCS(=O)(=O)C1. The smallest absolute Gasteiger partial charge is 0.267 e. The van der Waals surface area contributed by atoms with Crippen LogP contribution in [0.4, 0.5) is 13.2 Å². The fourth-order valence-corrected chi connectivity index (χ4v) is 3.90. The van der Waals surface area contributed by atoms with Crippen molar-refractivity contribution in [3.8, 4) is 0 Å². The summed E-state index contributed by atoms with van der Waals surface area (Å²) in [4.78, 5) is 3.68. The minimum absolute atomic E-state index is 0.369. The molecule has 1 heterocycles. The molecule has 1 aliphatic heterocycles. The number of rotatable bonds is 2. The van der Waals surface area contributed by atoms with Gasteiger partial charge in [0.05, 0.1) is 5.75 Å². The first kappa shape index (κ1) is 16.3. The minimum Gasteiger partial charge on any atom is -0.387 e. The second-order valence-corrected chi connectivity index (χ2v) is 7.89. The molecule has 116 valence electrons. The van der Waals surface area contributed by atoms with Crippen LogP contribution in [-0.4, -0.2) is 32.2 Å². The Bertz CT molecular complexity index is 694. The van der Waals surface area contributed by atoms with Crippen LogP contribution >= 0.6 is 15.9 Å². The number of sulfone groups is 1. The van der Waals surface area contributed by atoms with Crippen molar-refractivity contribution in [2.75, 3.05) is 11.5 Å². The lowest BCUT2D eigenvalue weighted by Gasteiger charge is -2.29. The second kappa shape index (κ2) is 5.60. The molecule has 4 nitrogen and oxygen atoms in total. The van der Waals surface area contributed by atoms with Crippen LogP contribution in [0.3, 0.4) is 0 Å². The number of alkyl halides is 2. The molecule has 0 saturated heterocycles. The van der Waals surface area contributed by atoms with E-state index in [2.05, 4.69) is 20.9 Å². The lowest BCUT2D eigenvalue weighted by Crippen LogP contribution is -2.36. The van der Waals surface area contributed by atoms with Gasteiger partial charge in [-0.25, -0.2) is 21.6 Å². The van der Waals surface area contributed by atoms with E-state index >= 15 is 0 Å². The van der Waals surface area contributed by atoms with Gasteiger partial charge < -0.3 is 5.73 Å². The molecule has 0 bridgehead atoms. The minimum atomic E-state index is -3.63. The van der Waals surface area contributed by atoms with E-state index in [1.54, 1.807) is 0 Å². The molecule has 0 spiro atoms. The summed E-state index contributed by atoms with van der Waals surface area (Å²) in [7, 11) is -3.63. The van der Waals surface area contributed by atoms with E-state index in [1.165, 1.54) is 12.1 Å². The normalized spacial score (nSPS) is 25.5. The van der Waals surface area contributed by atoms with Gasteiger partial charge in [0, 0.05) is 10.0 Å². The maximum Gasteiger partial charge on any atom is 0.267 e. The van der Waals surface area contributed by atoms with E-state index in [-0.39, 0.29) is 5.56 Å². The summed E-state index contributed by atoms with van der Waals surface area (Å²) < 4.78 is 65.0. The highest BCUT2D eigenvalue weighted by atomic mass is 79.9. The van der Waals surface area contributed by atoms with Crippen molar-refractivity contribution in [3.05, 3.63) is 34.1 Å². The van der Waals surface area contributed by atoms with Gasteiger partial charge in [0.25, 0.3) is 6.43 Å². The Morgan fingerprint density at radius 1 is 1.38 bits per heavy atom. The van der Waals surface area contributed by atoms with Crippen LogP contribution in [0.1, 0.15) is 12.0 Å². The highest BCUT2D eigenvalue weighted by Gasteiger charge is 2.46. The number of nitrogens with two attached hydrogens (primary N) is 1. The Hall–Kier alpha value is -1.09. The van der Waals surface area contributed by atoms with Crippen LogP contribution in [0, 0.1) is 5.82 Å². The topological polar surface area (TPSA) is 72.5 Å². The molecule has 1 aromatic rings. The molecule has 0 saturated carbocycles. The third-order valence-electron chi connectivity index (χ3n) is 3.26. The summed E-state index contributed by atoms with van der Waals surface area (Å²) >= 11 is 3.08. The van der Waals surface area contributed by atoms with Gasteiger partial charge in [-0.1, -0.05) is 15.9 Å². The zero-order valence-corrected chi connectivity index (χ0v) is 13.1. The maximum absolute atomic E-state index is 14.0. The van der Waals surface area contributed by atoms with E-state index in [0.717, 1.165) is 6.07 Å². The Kier molecular flexibility index (Phi) is 4.34. The first-order valence-corrected chi connectivity index (χ1v) is 8.56. The number of aliphatic imine (C=N–C) groups is 1. The summed E-state index contributed by atoms with van der Waals surface area (Å²) in [5.41, 5.74) is 2.79. The molecule has 0 aromatic heterocycles. The van der Waals surface area contributed by atoms with Crippen LogP contribution in [0.5, 0.6) is 0 Å². The monoisotopic (exact) mass is 384 g/mol. The first-order valence-electron chi connectivity index (χ1n) is 5.94. The third kappa shape index (κ3) is 3.23. The van der Waals surface area contributed by atoms with Crippen molar-refractivity contribution in [3.63, 3.8) is 0 Å². The average Bonchev–Trinajstić information content (AvgIpc) is 2.48. The van der Waals surface area contributed by atoms with E-state index in [9.17, 15) is 21.6 Å². The fourth-order valence-electron chi connectivity index (χ4n) is 2.25. The number of benzene rings is 1. The molecule has 0 amide bonds. The molecule has 9 heteroatoms. The van der Waals surface area contributed by atoms with E-state index in [4.69, 9.17) is 5.73 Å². The molecule has 0 radical (unpaired) electrons. The van der Waals surface area contributed by atoms with Crippen molar-refractivity contribution in [2.24, 2.45) is 10.7 Å². The van der Waals surface area contributed by atoms with Crippen molar-refractivity contribution in [1.82, 2.24) is 0 Å². The van der Waals surface area contributed by atoms with Gasteiger partial charge in [0.15, 0.2) is 15.4 Å². The van der Waals surface area contributed by atoms with Crippen LogP contribution in [0.2, 0.25) is 0 Å². The summed E-state index contributed by atoms with van der Waals surface area (Å²) in [6.07, 6.45) is -3.62. The quantitative estimate of drug-likeness (QED) is 0.849. The predicted molar refractivity (Wildman–Crippen MR) is 76.7 cm³/mol. The van der Waals surface area contributed by atoms with Crippen LogP contribution in [0.15, 0.2) is 27.7 Å². The van der Waals surface area contributed by atoms with Crippen LogP contribution in [-0.2, 0) is 15.4 Å². The molecular weight excluding hydrogens is 373 g/mol. The molecule has 1 atom stereocenters. The average molecular weight is 385 g/mol. The largest absolute Gasteiger partial charge is 0.387 e. The lowest BCUT2D eigenvalue weighted by molar-refractivity contribution is 0.0495. The van der Waals surface area contributed by atoms with Gasteiger partial charge >= 0.3 is 0 Å². The third-order valence-corrected chi connectivity index (χ3v) is 5.32. The lowest BCUT2D eigenvalue weighted by atomic mass is 9.87. The van der Waals surface area contributed by atoms with Crippen LogP contribution in [0.25, 0.3) is 0 Å². The Morgan fingerprint density at radius 3 is 2.67 bits per heavy atom. The van der Waals surface area contributed by atoms with Crippen molar-refractivity contribution in [1.29, 1.82) is 0 Å². The fraction of sp³-hybridized carbons (Fsp3) is 0.417. The summed E-state index contributed by atoms with van der Waals surface area (Å²) in [5, 5.41) is 0. The highest BCUT2D eigenvalue weighted by molar-refractivity contribution is 9.10. The number of hydrogen-bond acceptors (Lipinski definition) is 4. The molecule has 1 aromatic carbocycles.